The molecule has 5 aromatic carbocycles. The van der Waals surface area contributed by atoms with Crippen LogP contribution in [0.4, 0.5) is 22.7 Å². The Bertz CT molecular complexity index is 1730. The Morgan fingerprint density at radius 1 is 0.786 bits per heavy atom. The number of hydrogen-bond acceptors (Lipinski definition) is 6. The van der Waals surface area contributed by atoms with Crippen LogP contribution in [0.25, 0.3) is 0 Å². The highest BCUT2D eigenvalue weighted by atomic mass is 35.5. The van der Waals surface area contributed by atoms with E-state index >= 15 is 0 Å². The number of hydrogen-bond donors (Lipinski definition) is 1. The molecule has 0 fully saturated rings. The summed E-state index contributed by atoms with van der Waals surface area (Å²) in [5, 5.41) is 4.49. The summed E-state index contributed by atoms with van der Waals surface area (Å²) in [5.74, 6) is 1.83. The Balaban J connectivity index is 1.43. The summed E-state index contributed by atoms with van der Waals surface area (Å²) in [6.45, 7) is 0.658. The van der Waals surface area contributed by atoms with Gasteiger partial charge in [-0.05, 0) is 72.3 Å². The zero-order chi connectivity index (χ0) is 28.5. The summed E-state index contributed by atoms with van der Waals surface area (Å²) in [5.41, 5.74) is 5.47. The highest BCUT2D eigenvalue weighted by Crippen LogP contribution is 2.53. The number of amidine groups is 1. The smallest absolute Gasteiger partial charge is 0.120 e. The molecule has 0 saturated carbocycles. The fourth-order valence-electron chi connectivity index (χ4n) is 5.50. The second kappa shape index (κ2) is 11.8. The first-order chi connectivity index (χ1) is 20.7. The first-order valence-corrected chi connectivity index (χ1v) is 15.9. The topological polar surface area (TPSA) is 36.9 Å². The fraction of sp³-hybridized carbons (Fsp3) is 0.114. The lowest BCUT2D eigenvalue weighted by atomic mass is 9.95. The Morgan fingerprint density at radius 2 is 1.45 bits per heavy atom. The Morgan fingerprint density at radius 3 is 2.14 bits per heavy atom. The Kier molecular flexibility index (Phi) is 7.59. The average Bonchev–Trinajstić information content (AvgIpc) is 3.19. The highest BCUT2D eigenvalue weighted by molar-refractivity contribution is 8.00. The number of nitrogens with zero attached hydrogens (tertiary/aromatic N) is 2. The van der Waals surface area contributed by atoms with Crippen LogP contribution in [-0.4, -0.2) is 19.5 Å². The molecule has 4 nitrogen and oxygen atoms in total. The molecule has 0 amide bonds. The summed E-state index contributed by atoms with van der Waals surface area (Å²) >= 11 is 10.1. The molecule has 7 rings (SSSR count). The van der Waals surface area contributed by atoms with Crippen molar-refractivity contribution < 1.29 is 4.74 Å². The van der Waals surface area contributed by atoms with Crippen LogP contribution in [0, 0.1) is 5.92 Å². The summed E-state index contributed by atoms with van der Waals surface area (Å²) in [6, 6.07) is 42.1. The van der Waals surface area contributed by atoms with Crippen molar-refractivity contribution in [2.24, 2.45) is 10.9 Å². The molecule has 0 aliphatic carbocycles. The molecule has 5 aromatic rings. The third-order valence-electron chi connectivity index (χ3n) is 7.51. The van der Waals surface area contributed by atoms with E-state index in [1.165, 1.54) is 15.4 Å². The number of ether oxygens (including phenoxy) is 1. The van der Waals surface area contributed by atoms with Crippen molar-refractivity contribution in [3.8, 4) is 5.75 Å². The van der Waals surface area contributed by atoms with E-state index in [0.717, 1.165) is 39.2 Å². The van der Waals surface area contributed by atoms with Gasteiger partial charge < -0.3 is 10.1 Å². The number of halogens is 1. The van der Waals surface area contributed by atoms with Crippen molar-refractivity contribution in [3.63, 3.8) is 0 Å². The lowest BCUT2D eigenvalue weighted by Crippen LogP contribution is -2.39. The van der Waals surface area contributed by atoms with Crippen molar-refractivity contribution in [1.82, 2.24) is 0 Å². The second-order valence-electron chi connectivity index (χ2n) is 10.1. The molecule has 2 heterocycles. The van der Waals surface area contributed by atoms with Gasteiger partial charge in [0.05, 0.1) is 30.1 Å². The zero-order valence-electron chi connectivity index (χ0n) is 22.9. The molecule has 1 N–H and O–H groups in total. The van der Waals surface area contributed by atoms with Crippen molar-refractivity contribution in [3.05, 3.63) is 132 Å². The average molecular weight is 606 g/mol. The van der Waals surface area contributed by atoms with Gasteiger partial charge in [-0.2, -0.15) is 0 Å². The number of thioether (sulfide) groups is 1. The zero-order valence-corrected chi connectivity index (χ0v) is 25.3. The molecule has 42 heavy (non-hydrogen) atoms. The van der Waals surface area contributed by atoms with Gasteiger partial charge in [0.15, 0.2) is 0 Å². The molecule has 208 valence electrons. The number of para-hydroxylation sites is 3. The third kappa shape index (κ3) is 5.26. The molecule has 0 spiro atoms. The molecule has 2 atom stereocenters. The van der Waals surface area contributed by atoms with Crippen molar-refractivity contribution in [2.45, 2.75) is 19.9 Å². The Labute approximate surface area is 259 Å². The van der Waals surface area contributed by atoms with Gasteiger partial charge in [-0.15, -0.1) is 11.8 Å². The SMILES string of the molecule is COc1ccc(C2Sc3ccccc3N=C(N3c4ccccc4Sc4ccccc43)C2CNc2cccc(Cl)c2)cc1. The van der Waals surface area contributed by atoms with E-state index in [9.17, 15) is 0 Å². The van der Waals surface area contributed by atoms with Gasteiger partial charge in [-0.3, -0.25) is 4.90 Å². The minimum atomic E-state index is -0.0148. The molecule has 0 radical (unpaired) electrons. The molecule has 2 unspecified atom stereocenters. The maximum atomic E-state index is 6.38. The Hall–Kier alpha value is -3.84. The van der Waals surface area contributed by atoms with Crippen LogP contribution in [-0.2, 0) is 0 Å². The van der Waals surface area contributed by atoms with Crippen molar-refractivity contribution in [2.75, 3.05) is 23.9 Å². The number of benzene rings is 5. The van der Waals surface area contributed by atoms with E-state index in [0.29, 0.717) is 11.6 Å². The number of nitrogens with one attached hydrogen (secondary N) is 1. The van der Waals surface area contributed by atoms with Gasteiger partial charge in [0.25, 0.3) is 0 Å². The summed E-state index contributed by atoms with van der Waals surface area (Å²) in [6.07, 6.45) is 0. The number of anilines is 3. The van der Waals surface area contributed by atoms with Crippen LogP contribution in [0.3, 0.4) is 0 Å². The largest absolute Gasteiger partial charge is 0.497 e. The maximum absolute atomic E-state index is 6.38. The minimum Gasteiger partial charge on any atom is -0.497 e. The van der Waals surface area contributed by atoms with Crippen molar-refractivity contribution >= 4 is 63.7 Å². The summed E-state index contributed by atoms with van der Waals surface area (Å²) < 4.78 is 5.51. The predicted molar refractivity (Wildman–Crippen MR) is 178 cm³/mol. The summed E-state index contributed by atoms with van der Waals surface area (Å²) in [4.78, 5) is 11.5. The van der Waals surface area contributed by atoms with Gasteiger partial charge >= 0.3 is 0 Å². The monoisotopic (exact) mass is 605 g/mol. The molecule has 0 aromatic heterocycles. The fourth-order valence-corrected chi connectivity index (χ4v) is 8.08. The molecular weight excluding hydrogens is 578 g/mol. The lowest BCUT2D eigenvalue weighted by molar-refractivity contribution is 0.414. The van der Waals surface area contributed by atoms with Crippen LogP contribution in [0.1, 0.15) is 10.8 Å². The molecular formula is C35H28ClN3OS2. The molecule has 7 heteroatoms. The van der Waals surface area contributed by atoms with Gasteiger partial charge in [0.2, 0.25) is 0 Å². The maximum Gasteiger partial charge on any atom is 0.120 e. The number of aliphatic imine (C=N–C) groups is 1. The lowest BCUT2D eigenvalue weighted by Gasteiger charge is -2.38. The normalized spacial score (nSPS) is 17.3. The molecule has 2 aliphatic rings. The first kappa shape index (κ1) is 27.0. The quantitative estimate of drug-likeness (QED) is 0.216. The van der Waals surface area contributed by atoms with Crippen LogP contribution in [0.5, 0.6) is 5.75 Å². The van der Waals surface area contributed by atoms with Gasteiger partial charge in [-0.1, -0.05) is 78.0 Å². The van der Waals surface area contributed by atoms with Gasteiger partial charge in [0, 0.05) is 37.2 Å². The van der Waals surface area contributed by atoms with Crippen LogP contribution >= 0.6 is 35.1 Å². The van der Waals surface area contributed by atoms with Crippen LogP contribution in [0.15, 0.2) is 141 Å². The summed E-state index contributed by atoms with van der Waals surface area (Å²) in [7, 11) is 1.71. The first-order valence-electron chi connectivity index (χ1n) is 13.8. The van der Waals surface area contributed by atoms with E-state index in [4.69, 9.17) is 21.3 Å². The molecule has 0 bridgehead atoms. The number of rotatable bonds is 5. The van der Waals surface area contributed by atoms with E-state index in [-0.39, 0.29) is 11.2 Å². The predicted octanol–water partition coefficient (Wildman–Crippen LogP) is 10.3. The second-order valence-corrected chi connectivity index (χ2v) is 12.8. The molecule has 0 saturated heterocycles. The van der Waals surface area contributed by atoms with Gasteiger partial charge in [-0.25, -0.2) is 4.99 Å². The van der Waals surface area contributed by atoms with E-state index in [1.54, 1.807) is 7.11 Å². The third-order valence-corrected chi connectivity index (χ3v) is 10.3. The van der Waals surface area contributed by atoms with Crippen molar-refractivity contribution in [1.29, 1.82) is 0 Å². The highest BCUT2D eigenvalue weighted by Gasteiger charge is 2.38. The van der Waals surface area contributed by atoms with E-state index in [1.807, 2.05) is 53.9 Å². The van der Waals surface area contributed by atoms with E-state index in [2.05, 4.69) is 101 Å². The van der Waals surface area contributed by atoms with Gasteiger partial charge in [0.1, 0.15) is 11.6 Å². The van der Waals surface area contributed by atoms with E-state index < -0.39 is 0 Å². The number of fused-ring (bicyclic) bond motifs is 3. The standard InChI is InChI=1S/C35H28ClN3OS2/c1-40-26-19-17-23(18-20-26)34-27(22-37-25-10-8-9-24(36)21-25)35(38-28-11-2-5-14-31(28)42-34)39-29-12-3-6-15-32(29)41-33-16-7-4-13-30(33)39/h2-21,27,34,37H,22H2,1H3. The van der Waals surface area contributed by atoms with Crippen LogP contribution in [0.2, 0.25) is 5.02 Å². The van der Waals surface area contributed by atoms with Crippen LogP contribution < -0.4 is 15.0 Å². The number of methoxy groups -OCH3 is 1. The minimum absolute atomic E-state index is 0.0148. The molecule has 2 aliphatic heterocycles.